The summed E-state index contributed by atoms with van der Waals surface area (Å²) < 4.78 is 52.1. The molecule has 0 saturated carbocycles. The molecule has 0 bridgehead atoms. The van der Waals surface area contributed by atoms with Gasteiger partial charge >= 0.3 is 23.5 Å². The summed E-state index contributed by atoms with van der Waals surface area (Å²) in [6.07, 6.45) is -4.88. The lowest BCUT2D eigenvalue weighted by Crippen LogP contribution is -2.33. The number of rotatable bonds is 11. The molecule has 6 atom stereocenters. The smallest absolute Gasteiger partial charge is 0.387 e. The number of phosphoric ester groups is 1. The number of imidazole rings is 1. The number of ether oxygens (including phenoxy) is 1. The van der Waals surface area contributed by atoms with E-state index in [1.54, 1.807) is 0 Å². The standard InChI is InChI=1S/C10H16N5O13P3S.C6H15N/c11-10-13-7-4(8(32)14-10)12-2-15(7)9-6(17)5(16)3(26-9)1-25-30(21,22)28-31(23,24)27-29(18,19)20;1-4-7(5-2)6-3/h2-3,5-6,9,16-17H,1H2,(H,21,22)(H,23,24)(H2,18,19,20)(H3,11,13,14,32);4-6H2,1-3H3/t3-,5-,6-,9-;/m1./s1. The van der Waals surface area contributed by atoms with Crippen LogP contribution in [0.15, 0.2) is 6.33 Å². The Labute approximate surface area is 227 Å². The summed E-state index contributed by atoms with van der Waals surface area (Å²) in [6, 6.07) is 0. The summed E-state index contributed by atoms with van der Waals surface area (Å²) in [5, 5.41) is 20.5. The molecule has 1 fully saturated rings. The van der Waals surface area contributed by atoms with Gasteiger partial charge < -0.3 is 50.1 Å². The highest BCUT2D eigenvalue weighted by molar-refractivity contribution is 7.71. The fourth-order valence-corrected chi connectivity index (χ4v) is 6.66. The lowest BCUT2D eigenvalue weighted by atomic mass is 10.1. The van der Waals surface area contributed by atoms with Crippen molar-refractivity contribution in [2.45, 2.75) is 45.3 Å². The molecule has 3 heterocycles. The predicted molar refractivity (Wildman–Crippen MR) is 136 cm³/mol. The van der Waals surface area contributed by atoms with Crippen LogP contribution in [0.3, 0.4) is 0 Å². The molecule has 23 heteroatoms. The highest BCUT2D eigenvalue weighted by Crippen LogP contribution is 2.66. The van der Waals surface area contributed by atoms with Crippen LogP contribution in [0.4, 0.5) is 5.95 Å². The van der Waals surface area contributed by atoms with E-state index in [1.807, 2.05) is 0 Å². The van der Waals surface area contributed by atoms with Gasteiger partial charge in [0, 0.05) is 0 Å². The van der Waals surface area contributed by atoms with Crippen molar-refractivity contribution >= 4 is 52.8 Å². The number of aliphatic hydroxyl groups is 2. The number of nitrogens with one attached hydrogen (secondary N) is 1. The molecule has 39 heavy (non-hydrogen) atoms. The Morgan fingerprint density at radius 2 is 1.67 bits per heavy atom. The molecule has 224 valence electrons. The summed E-state index contributed by atoms with van der Waals surface area (Å²) in [5.41, 5.74) is 5.99. The van der Waals surface area contributed by atoms with Crippen LogP contribution in [-0.4, -0.2) is 98.8 Å². The average molecular weight is 640 g/mol. The second-order valence-electron chi connectivity index (χ2n) is 7.83. The molecular weight excluding hydrogens is 609 g/mol. The second kappa shape index (κ2) is 13.7. The number of anilines is 1. The molecule has 0 radical (unpaired) electrons. The van der Waals surface area contributed by atoms with Crippen molar-refractivity contribution in [2.24, 2.45) is 0 Å². The number of nitrogens with two attached hydrogens (primary N) is 1. The fraction of sp³-hybridized carbons (Fsp3) is 0.688. The highest BCUT2D eigenvalue weighted by Gasteiger charge is 2.46. The van der Waals surface area contributed by atoms with Gasteiger partial charge in [0.25, 0.3) is 0 Å². The Balaban J connectivity index is 0.000000673. The van der Waals surface area contributed by atoms with Gasteiger partial charge in [-0.25, -0.2) is 23.7 Å². The summed E-state index contributed by atoms with van der Waals surface area (Å²) in [6.45, 7) is 9.16. The Morgan fingerprint density at radius 1 is 1.08 bits per heavy atom. The number of hydrogen-bond acceptors (Lipinski definition) is 14. The Hall–Kier alpha value is -1.18. The summed E-state index contributed by atoms with van der Waals surface area (Å²) in [5.74, 6) is -0.0681. The third-order valence-corrected chi connectivity index (χ3v) is 9.32. The fourth-order valence-electron chi connectivity index (χ4n) is 3.38. The van der Waals surface area contributed by atoms with Gasteiger partial charge in [0.05, 0.1) is 12.9 Å². The van der Waals surface area contributed by atoms with E-state index in [0.717, 1.165) is 0 Å². The molecule has 1 saturated heterocycles. The second-order valence-corrected chi connectivity index (χ2v) is 12.6. The van der Waals surface area contributed by atoms with Gasteiger partial charge in [0.2, 0.25) is 0 Å². The number of aliphatic hydroxyl groups excluding tert-OH is 2. The van der Waals surface area contributed by atoms with Crippen LogP contribution in [0.1, 0.15) is 27.0 Å². The summed E-state index contributed by atoms with van der Waals surface area (Å²) >= 11 is 5.03. The molecule has 0 spiro atoms. The first-order valence-electron chi connectivity index (χ1n) is 11.2. The zero-order valence-electron chi connectivity index (χ0n) is 20.9. The number of aromatic amines is 1. The van der Waals surface area contributed by atoms with Crippen LogP contribution in [-0.2, 0) is 31.6 Å². The normalized spacial score (nSPS) is 24.8. The van der Waals surface area contributed by atoms with E-state index in [1.165, 1.54) is 30.5 Å². The van der Waals surface area contributed by atoms with E-state index in [-0.39, 0.29) is 21.8 Å². The van der Waals surface area contributed by atoms with Crippen LogP contribution in [0.5, 0.6) is 0 Å². The molecule has 1 aliphatic heterocycles. The third-order valence-electron chi connectivity index (χ3n) is 5.24. The molecule has 19 nitrogen and oxygen atoms in total. The number of nitrogens with zero attached hydrogens (tertiary/aromatic N) is 4. The lowest BCUT2D eigenvalue weighted by molar-refractivity contribution is -0.0503. The van der Waals surface area contributed by atoms with Gasteiger partial charge in [-0.3, -0.25) is 9.09 Å². The van der Waals surface area contributed by atoms with Crippen LogP contribution in [0, 0.1) is 4.64 Å². The lowest BCUT2D eigenvalue weighted by Gasteiger charge is -2.19. The molecule has 0 aliphatic carbocycles. The van der Waals surface area contributed by atoms with E-state index in [4.69, 9.17) is 37.4 Å². The van der Waals surface area contributed by atoms with Crippen molar-refractivity contribution in [1.82, 2.24) is 24.4 Å². The minimum absolute atomic E-state index is 0.0484. The van der Waals surface area contributed by atoms with Crippen LogP contribution in [0.2, 0.25) is 0 Å². The summed E-state index contributed by atoms with van der Waals surface area (Å²) in [4.78, 5) is 48.5. The number of fused-ring (bicyclic) bond motifs is 1. The van der Waals surface area contributed by atoms with Crippen molar-refractivity contribution in [3.8, 4) is 0 Å². The number of hydrogen-bond donors (Lipinski definition) is 8. The minimum atomic E-state index is -5.71. The van der Waals surface area contributed by atoms with Gasteiger partial charge in [0.1, 0.15) is 29.5 Å². The van der Waals surface area contributed by atoms with Crippen molar-refractivity contribution in [3.63, 3.8) is 0 Å². The Bertz CT molecular complexity index is 1310. The van der Waals surface area contributed by atoms with Crippen molar-refractivity contribution in [3.05, 3.63) is 11.0 Å². The monoisotopic (exact) mass is 640 g/mol. The number of H-pyrrole nitrogens is 1. The zero-order chi connectivity index (χ0) is 29.8. The van der Waals surface area contributed by atoms with Crippen molar-refractivity contribution in [1.29, 1.82) is 0 Å². The molecule has 2 aromatic heterocycles. The van der Waals surface area contributed by atoms with Crippen molar-refractivity contribution in [2.75, 3.05) is 32.0 Å². The van der Waals surface area contributed by atoms with Crippen LogP contribution < -0.4 is 5.73 Å². The van der Waals surface area contributed by atoms with E-state index in [0.29, 0.717) is 0 Å². The van der Waals surface area contributed by atoms with Gasteiger partial charge in [-0.1, -0.05) is 33.0 Å². The number of aromatic nitrogens is 4. The number of nitrogen functional groups attached to an aromatic ring is 1. The zero-order valence-corrected chi connectivity index (χ0v) is 24.4. The van der Waals surface area contributed by atoms with Crippen LogP contribution >= 0.6 is 35.7 Å². The molecular formula is C16H31N6O13P3S. The molecule has 2 aromatic rings. The summed E-state index contributed by atoms with van der Waals surface area (Å²) in [7, 11) is -16.7. The molecule has 9 N–H and O–H groups in total. The molecule has 2 unspecified atom stereocenters. The topological polar surface area (TPSA) is 285 Å². The minimum Gasteiger partial charge on any atom is -0.387 e. The van der Waals surface area contributed by atoms with Gasteiger partial charge in [-0.15, -0.1) is 0 Å². The maximum atomic E-state index is 11.8. The molecule has 1 aliphatic rings. The molecule has 0 amide bonds. The quantitative estimate of drug-likeness (QED) is 0.122. The van der Waals surface area contributed by atoms with Gasteiger partial charge in [-0.05, 0) is 19.6 Å². The average Bonchev–Trinajstić information content (AvgIpc) is 3.33. The first kappa shape index (κ1) is 34.0. The SMILES string of the molecule is CCN(CC)CC.Nc1nc(=S)c2ncn([C@@H]3O[C@H](COP(=O)(O)OP(=O)(O)OP(=O)(O)O)[C@@H](O)[C@H]3O)c2[nH]1. The highest BCUT2D eigenvalue weighted by atomic mass is 32.1. The van der Waals surface area contributed by atoms with E-state index < -0.39 is 54.6 Å². The molecule has 3 rings (SSSR count). The van der Waals surface area contributed by atoms with E-state index >= 15 is 0 Å². The first-order chi connectivity index (χ1) is 17.9. The largest absolute Gasteiger partial charge is 0.490 e. The maximum absolute atomic E-state index is 11.8. The Kier molecular flexibility index (Phi) is 11.9. The predicted octanol–water partition coefficient (Wildman–Crippen LogP) is 0.382. The maximum Gasteiger partial charge on any atom is 0.490 e. The third kappa shape index (κ3) is 9.71. The number of phosphoric acid groups is 3. The van der Waals surface area contributed by atoms with E-state index in [2.05, 4.69) is 53.8 Å². The Morgan fingerprint density at radius 3 is 2.18 bits per heavy atom. The van der Waals surface area contributed by atoms with Gasteiger partial charge in [0.15, 0.2) is 16.8 Å². The van der Waals surface area contributed by atoms with Gasteiger partial charge in [-0.2, -0.15) is 8.62 Å². The van der Waals surface area contributed by atoms with Crippen LogP contribution in [0.25, 0.3) is 11.2 Å². The first-order valence-corrected chi connectivity index (χ1v) is 16.1. The van der Waals surface area contributed by atoms with Crippen molar-refractivity contribution < 1.29 is 61.4 Å². The molecule has 0 aromatic carbocycles. The van der Waals surface area contributed by atoms with E-state index in [9.17, 15) is 28.8 Å².